The lowest BCUT2D eigenvalue weighted by Gasteiger charge is -2.29. The Morgan fingerprint density at radius 1 is 1.25 bits per heavy atom. The molecule has 2 aliphatic rings. The molecule has 4 nitrogen and oxygen atoms in total. The summed E-state index contributed by atoms with van der Waals surface area (Å²) in [5.74, 6) is 0.560. The number of carbonyl (C=O) groups is 1. The second kappa shape index (κ2) is 5.87. The van der Waals surface area contributed by atoms with Crippen LogP contribution in [-0.2, 0) is 21.1 Å². The lowest BCUT2D eigenvalue weighted by molar-refractivity contribution is -0.124. The Kier molecular flexibility index (Phi) is 4.27. The molecule has 24 heavy (non-hydrogen) atoms. The molecule has 5 heteroatoms. The fourth-order valence-corrected chi connectivity index (χ4v) is 5.60. The third-order valence-corrected chi connectivity index (χ3v) is 7.34. The number of carbonyl (C=O) groups excluding carboxylic acids is 1. The predicted molar refractivity (Wildman–Crippen MR) is 95.5 cm³/mol. The summed E-state index contributed by atoms with van der Waals surface area (Å²) in [5.41, 5.74) is 2.12. The van der Waals surface area contributed by atoms with Gasteiger partial charge >= 0.3 is 0 Å². The zero-order chi connectivity index (χ0) is 17.6. The van der Waals surface area contributed by atoms with E-state index >= 15 is 0 Å². The Labute approximate surface area is 145 Å². The molecule has 0 bridgehead atoms. The summed E-state index contributed by atoms with van der Waals surface area (Å²) in [5, 5.41) is 3.20. The highest BCUT2D eigenvalue weighted by Gasteiger charge is 2.59. The van der Waals surface area contributed by atoms with Crippen molar-refractivity contribution in [3.8, 4) is 0 Å². The number of aryl methyl sites for hydroxylation is 1. The normalized spacial score (nSPS) is 24.5. The number of nitrogens with one attached hydrogen (secondary N) is 1. The van der Waals surface area contributed by atoms with Crippen molar-refractivity contribution in [2.24, 2.45) is 11.3 Å². The Morgan fingerprint density at radius 2 is 1.88 bits per heavy atom. The van der Waals surface area contributed by atoms with E-state index in [1.165, 1.54) is 11.1 Å². The maximum Gasteiger partial charge on any atom is 0.224 e. The van der Waals surface area contributed by atoms with Gasteiger partial charge in [0, 0.05) is 11.5 Å². The van der Waals surface area contributed by atoms with Crippen LogP contribution in [0.3, 0.4) is 0 Å². The van der Waals surface area contributed by atoms with E-state index in [1.807, 2.05) is 12.1 Å². The third kappa shape index (κ3) is 3.66. The van der Waals surface area contributed by atoms with E-state index in [1.54, 1.807) is 0 Å². The van der Waals surface area contributed by atoms with Crippen molar-refractivity contribution in [2.45, 2.75) is 52.0 Å². The van der Waals surface area contributed by atoms with Gasteiger partial charge in [-0.15, -0.1) is 0 Å². The largest absolute Gasteiger partial charge is 0.351 e. The van der Waals surface area contributed by atoms with Crippen LogP contribution in [0.2, 0.25) is 0 Å². The van der Waals surface area contributed by atoms with Gasteiger partial charge in [0.1, 0.15) is 9.84 Å². The Morgan fingerprint density at radius 3 is 2.50 bits per heavy atom. The molecule has 1 N–H and O–H groups in total. The van der Waals surface area contributed by atoms with Crippen LogP contribution in [0.4, 0.5) is 0 Å². The van der Waals surface area contributed by atoms with Gasteiger partial charge in [0.05, 0.1) is 11.5 Å². The summed E-state index contributed by atoms with van der Waals surface area (Å²) < 4.78 is 23.2. The molecule has 1 saturated carbocycles. The van der Waals surface area contributed by atoms with E-state index in [4.69, 9.17) is 0 Å². The van der Waals surface area contributed by atoms with Crippen LogP contribution in [0.15, 0.2) is 24.3 Å². The summed E-state index contributed by atoms with van der Waals surface area (Å²) in [6, 6.07) is 8.24. The minimum absolute atomic E-state index is 0.0101. The predicted octanol–water partition coefficient (Wildman–Crippen LogP) is 2.65. The van der Waals surface area contributed by atoms with Gasteiger partial charge in [-0.3, -0.25) is 4.79 Å². The Hall–Kier alpha value is -1.36. The quantitative estimate of drug-likeness (QED) is 0.909. The zero-order valence-corrected chi connectivity index (χ0v) is 15.6. The molecular formula is C19H27NO3S. The highest BCUT2D eigenvalue weighted by molar-refractivity contribution is 7.91. The van der Waals surface area contributed by atoms with Gasteiger partial charge in [0.15, 0.2) is 0 Å². The average molecular weight is 349 g/mol. The van der Waals surface area contributed by atoms with Crippen molar-refractivity contribution in [3.05, 3.63) is 35.4 Å². The molecule has 2 fully saturated rings. The maximum absolute atomic E-state index is 12.7. The molecule has 1 amide bonds. The topological polar surface area (TPSA) is 63.2 Å². The van der Waals surface area contributed by atoms with Crippen molar-refractivity contribution in [1.82, 2.24) is 5.32 Å². The third-order valence-electron chi connectivity index (χ3n) is 5.68. The standard InChI is InChI=1S/C19H27NO3S/c1-14-6-4-5-7-15(14)12-18(2,3)20-17(21)16-13-19(16)8-10-24(22,23)11-9-19/h4-7,16H,8-13H2,1-3H3,(H,20,21)/t16-/m1/s1. The fraction of sp³-hybridized carbons (Fsp3) is 0.632. The minimum atomic E-state index is -2.88. The molecule has 1 atom stereocenters. The maximum atomic E-state index is 12.7. The second-order valence-electron chi connectivity index (χ2n) is 8.25. The Bertz CT molecular complexity index is 738. The van der Waals surface area contributed by atoms with Gasteiger partial charge in [-0.05, 0) is 63.0 Å². The van der Waals surface area contributed by atoms with Gasteiger partial charge in [0.25, 0.3) is 0 Å². The van der Waals surface area contributed by atoms with E-state index in [0.717, 1.165) is 12.8 Å². The van der Waals surface area contributed by atoms with Crippen LogP contribution in [-0.4, -0.2) is 31.4 Å². The van der Waals surface area contributed by atoms with Crippen LogP contribution in [0.5, 0.6) is 0 Å². The van der Waals surface area contributed by atoms with Crippen LogP contribution in [0.25, 0.3) is 0 Å². The van der Waals surface area contributed by atoms with Gasteiger partial charge in [-0.1, -0.05) is 24.3 Å². The van der Waals surface area contributed by atoms with E-state index < -0.39 is 9.84 Å². The summed E-state index contributed by atoms with van der Waals surface area (Å²) in [6.45, 7) is 6.20. The molecule has 1 aliphatic carbocycles. The first-order chi connectivity index (χ1) is 11.1. The van der Waals surface area contributed by atoms with Gasteiger partial charge in [-0.25, -0.2) is 8.42 Å². The van der Waals surface area contributed by atoms with Crippen molar-refractivity contribution in [3.63, 3.8) is 0 Å². The van der Waals surface area contributed by atoms with E-state index in [2.05, 4.69) is 38.2 Å². The van der Waals surface area contributed by atoms with E-state index in [0.29, 0.717) is 12.8 Å². The summed E-state index contributed by atoms with van der Waals surface area (Å²) in [7, 11) is -2.88. The molecule has 0 aromatic heterocycles. The van der Waals surface area contributed by atoms with Crippen LogP contribution in [0, 0.1) is 18.3 Å². The zero-order valence-electron chi connectivity index (χ0n) is 14.8. The summed E-state index contributed by atoms with van der Waals surface area (Å²) in [6.07, 6.45) is 2.92. The number of benzene rings is 1. The number of hydrogen-bond donors (Lipinski definition) is 1. The average Bonchev–Trinajstić information content (AvgIpc) is 3.19. The SMILES string of the molecule is Cc1ccccc1CC(C)(C)NC(=O)[C@H]1CC12CCS(=O)(=O)CC2. The van der Waals surface area contributed by atoms with Gasteiger partial charge < -0.3 is 5.32 Å². The summed E-state index contributed by atoms with van der Waals surface area (Å²) >= 11 is 0. The highest BCUT2D eigenvalue weighted by atomic mass is 32.2. The first-order valence-electron chi connectivity index (χ1n) is 8.70. The molecular weight excluding hydrogens is 322 g/mol. The molecule has 0 radical (unpaired) electrons. The molecule has 1 heterocycles. The number of sulfone groups is 1. The van der Waals surface area contributed by atoms with Crippen LogP contribution < -0.4 is 5.32 Å². The minimum Gasteiger partial charge on any atom is -0.351 e. The highest BCUT2D eigenvalue weighted by Crippen LogP contribution is 2.59. The van der Waals surface area contributed by atoms with Crippen molar-refractivity contribution >= 4 is 15.7 Å². The van der Waals surface area contributed by atoms with Crippen molar-refractivity contribution in [1.29, 1.82) is 0 Å². The lowest BCUT2D eigenvalue weighted by Crippen LogP contribution is -2.46. The summed E-state index contributed by atoms with van der Waals surface area (Å²) in [4.78, 5) is 12.7. The number of rotatable bonds is 4. The first kappa shape index (κ1) is 17.5. The lowest BCUT2D eigenvalue weighted by atomic mass is 9.91. The monoisotopic (exact) mass is 349 g/mol. The van der Waals surface area contributed by atoms with Crippen molar-refractivity contribution < 1.29 is 13.2 Å². The molecule has 1 aliphatic heterocycles. The first-order valence-corrected chi connectivity index (χ1v) is 10.5. The Balaban J connectivity index is 1.60. The molecule has 0 unspecified atom stereocenters. The van der Waals surface area contributed by atoms with Crippen LogP contribution >= 0.6 is 0 Å². The van der Waals surface area contributed by atoms with Crippen molar-refractivity contribution in [2.75, 3.05) is 11.5 Å². The molecule has 1 aromatic carbocycles. The van der Waals surface area contributed by atoms with Gasteiger partial charge in [0.2, 0.25) is 5.91 Å². The molecule has 1 saturated heterocycles. The fourth-order valence-electron chi connectivity index (χ4n) is 3.96. The van der Waals surface area contributed by atoms with E-state index in [9.17, 15) is 13.2 Å². The van der Waals surface area contributed by atoms with Gasteiger partial charge in [-0.2, -0.15) is 0 Å². The molecule has 1 spiro atoms. The molecule has 132 valence electrons. The smallest absolute Gasteiger partial charge is 0.224 e. The van der Waals surface area contributed by atoms with Crippen LogP contribution in [0.1, 0.15) is 44.2 Å². The van der Waals surface area contributed by atoms with E-state index in [-0.39, 0.29) is 34.3 Å². The second-order valence-corrected chi connectivity index (χ2v) is 10.6. The molecule has 1 aromatic rings. The molecule has 3 rings (SSSR count). The number of amides is 1. The number of hydrogen-bond acceptors (Lipinski definition) is 3.